The summed E-state index contributed by atoms with van der Waals surface area (Å²) >= 11 is 0. The van der Waals surface area contributed by atoms with Crippen LogP contribution >= 0.6 is 0 Å². The fourth-order valence-electron chi connectivity index (χ4n) is 6.21. The number of carbonyl (C=O) groups is 3. The van der Waals surface area contributed by atoms with Crippen molar-refractivity contribution >= 4 is 38.3 Å². The molecule has 1 fully saturated rings. The number of amides is 2. The molecule has 3 aromatic carbocycles. The Morgan fingerprint density at radius 3 is 2.33 bits per heavy atom. The summed E-state index contributed by atoms with van der Waals surface area (Å²) in [6.07, 6.45) is 7.01. The third-order valence-corrected chi connectivity index (χ3v) is 10.5. The minimum absolute atomic E-state index is 0.0623. The monoisotopic (exact) mass is 643 g/mol. The van der Waals surface area contributed by atoms with Crippen LogP contribution < -0.4 is 10.1 Å². The molecule has 1 aliphatic carbocycles. The molecule has 0 radical (unpaired) electrons. The molecule has 10 heteroatoms. The Bertz CT molecular complexity index is 1860. The van der Waals surface area contributed by atoms with E-state index in [2.05, 4.69) is 5.32 Å². The van der Waals surface area contributed by atoms with Gasteiger partial charge in [0.15, 0.2) is 15.6 Å². The number of rotatable bonds is 12. The quantitative estimate of drug-likeness (QED) is 0.205. The van der Waals surface area contributed by atoms with Crippen molar-refractivity contribution in [1.82, 2.24) is 14.8 Å². The summed E-state index contributed by atoms with van der Waals surface area (Å²) in [5.74, 6) is -0.427. The molecule has 2 amide bonds. The van der Waals surface area contributed by atoms with Crippen LogP contribution in [0.4, 0.5) is 0 Å². The number of nitrogens with zero attached hydrogens (tertiary/aromatic N) is 2. The van der Waals surface area contributed by atoms with Crippen molar-refractivity contribution < 1.29 is 27.5 Å². The molecule has 1 heterocycles. The van der Waals surface area contributed by atoms with E-state index in [1.54, 1.807) is 61.5 Å². The van der Waals surface area contributed by atoms with Crippen LogP contribution in [0.5, 0.6) is 5.75 Å². The van der Waals surface area contributed by atoms with Gasteiger partial charge in [0, 0.05) is 55.3 Å². The zero-order valence-corrected chi connectivity index (χ0v) is 27.6. The number of hydrogen-bond acceptors (Lipinski definition) is 6. The molecular weight excluding hydrogens is 602 g/mol. The predicted molar refractivity (Wildman–Crippen MR) is 178 cm³/mol. The first-order valence-corrected chi connectivity index (χ1v) is 17.2. The lowest BCUT2D eigenvalue weighted by Crippen LogP contribution is -2.29. The van der Waals surface area contributed by atoms with E-state index in [4.69, 9.17) is 4.74 Å². The van der Waals surface area contributed by atoms with Gasteiger partial charge >= 0.3 is 0 Å². The van der Waals surface area contributed by atoms with Crippen molar-refractivity contribution in [3.63, 3.8) is 0 Å². The number of benzene rings is 3. The summed E-state index contributed by atoms with van der Waals surface area (Å²) in [5, 5.41) is 3.93. The highest BCUT2D eigenvalue weighted by atomic mass is 32.2. The third kappa shape index (κ3) is 7.17. The van der Waals surface area contributed by atoms with E-state index in [1.807, 2.05) is 29.8 Å². The van der Waals surface area contributed by atoms with Gasteiger partial charge in [0.05, 0.1) is 12.0 Å². The number of ether oxygens (including phenoxy) is 1. The van der Waals surface area contributed by atoms with Crippen LogP contribution in [-0.2, 0) is 21.1 Å². The van der Waals surface area contributed by atoms with Crippen LogP contribution in [0.2, 0.25) is 0 Å². The molecule has 242 valence electrons. The standard InChI is InChI=1S/C36H41N3O6S/c1-24(36(42)38(2)3)39-22-29(31-19-28(16-17-32(31)39)35(41)37-21-25-10-8-9-11-25)18-27-15-14-26(20-34(27)45-4)33(40)23-46(43,44)30-12-6-5-7-13-30/h5-7,12-17,19-20,22,24-25H,8-11,18,21,23H2,1-4H3,(H,37,41). The van der Waals surface area contributed by atoms with Crippen molar-refractivity contribution in [3.8, 4) is 5.75 Å². The van der Waals surface area contributed by atoms with Gasteiger partial charge in [-0.3, -0.25) is 14.4 Å². The normalized spacial score (nSPS) is 14.3. The first-order valence-electron chi connectivity index (χ1n) is 15.6. The molecule has 1 saturated carbocycles. The number of hydrogen-bond donors (Lipinski definition) is 1. The summed E-state index contributed by atoms with van der Waals surface area (Å²) in [7, 11) is 1.13. The van der Waals surface area contributed by atoms with Crippen LogP contribution in [0.25, 0.3) is 10.9 Å². The van der Waals surface area contributed by atoms with E-state index < -0.39 is 27.4 Å². The molecule has 1 atom stereocenters. The zero-order chi connectivity index (χ0) is 33.0. The molecule has 9 nitrogen and oxygen atoms in total. The van der Waals surface area contributed by atoms with Gasteiger partial charge < -0.3 is 19.5 Å². The van der Waals surface area contributed by atoms with Gasteiger partial charge in [0.2, 0.25) is 5.91 Å². The maximum atomic E-state index is 13.2. The number of Topliss-reactive ketones (excluding diaryl/α,β-unsaturated/α-hetero) is 1. The zero-order valence-electron chi connectivity index (χ0n) is 26.8. The summed E-state index contributed by atoms with van der Waals surface area (Å²) in [4.78, 5) is 40.9. The largest absolute Gasteiger partial charge is 0.496 e. The second-order valence-corrected chi connectivity index (χ2v) is 14.3. The molecule has 4 aromatic rings. The molecule has 0 saturated heterocycles. The van der Waals surface area contributed by atoms with Gasteiger partial charge in [0.25, 0.3) is 5.91 Å². The molecule has 1 unspecified atom stereocenters. The molecule has 0 bridgehead atoms. The highest BCUT2D eigenvalue weighted by molar-refractivity contribution is 7.92. The van der Waals surface area contributed by atoms with E-state index in [9.17, 15) is 22.8 Å². The van der Waals surface area contributed by atoms with Crippen molar-refractivity contribution in [2.45, 2.75) is 50.0 Å². The van der Waals surface area contributed by atoms with Crippen LogP contribution in [0.1, 0.15) is 70.5 Å². The maximum Gasteiger partial charge on any atom is 0.251 e. The number of methoxy groups -OCH3 is 1. The summed E-state index contributed by atoms with van der Waals surface area (Å²) in [5.41, 5.74) is 3.24. The van der Waals surface area contributed by atoms with Crippen LogP contribution in [-0.4, -0.2) is 69.0 Å². The van der Waals surface area contributed by atoms with Gasteiger partial charge in [-0.05, 0) is 73.2 Å². The lowest BCUT2D eigenvalue weighted by atomic mass is 9.99. The highest BCUT2D eigenvalue weighted by Gasteiger charge is 2.24. The Balaban J connectivity index is 1.45. The number of ketones is 1. The van der Waals surface area contributed by atoms with Gasteiger partial charge in [-0.25, -0.2) is 8.42 Å². The first-order chi connectivity index (χ1) is 22.0. The Kier molecular flexibility index (Phi) is 9.96. The van der Waals surface area contributed by atoms with Crippen molar-refractivity contribution in [2.24, 2.45) is 5.92 Å². The molecule has 1 aromatic heterocycles. The molecule has 1 N–H and O–H groups in total. The van der Waals surface area contributed by atoms with Gasteiger partial charge in [-0.1, -0.05) is 43.2 Å². The van der Waals surface area contributed by atoms with Gasteiger partial charge in [0.1, 0.15) is 17.5 Å². The van der Waals surface area contributed by atoms with Crippen LogP contribution in [0, 0.1) is 5.92 Å². The Labute approximate surface area is 270 Å². The number of likely N-dealkylation sites (N-methyl/N-ethyl adjacent to an activating group) is 1. The lowest BCUT2D eigenvalue weighted by molar-refractivity contribution is -0.131. The number of carbonyl (C=O) groups excluding carboxylic acids is 3. The number of nitrogens with one attached hydrogen (secondary N) is 1. The molecule has 5 rings (SSSR count). The van der Waals surface area contributed by atoms with Gasteiger partial charge in [-0.15, -0.1) is 0 Å². The van der Waals surface area contributed by atoms with E-state index >= 15 is 0 Å². The Morgan fingerprint density at radius 2 is 1.65 bits per heavy atom. The Hall–Kier alpha value is -4.44. The average molecular weight is 644 g/mol. The second kappa shape index (κ2) is 13.9. The minimum atomic E-state index is -3.81. The smallest absolute Gasteiger partial charge is 0.251 e. The number of sulfone groups is 1. The molecule has 1 aliphatic rings. The van der Waals surface area contributed by atoms with E-state index in [1.165, 1.54) is 32.1 Å². The molecule has 46 heavy (non-hydrogen) atoms. The molecule has 0 spiro atoms. The Morgan fingerprint density at radius 1 is 0.957 bits per heavy atom. The number of fused-ring (bicyclic) bond motifs is 1. The molecular formula is C36H41N3O6S. The summed E-state index contributed by atoms with van der Waals surface area (Å²) in [6.45, 7) is 2.51. The number of aromatic nitrogens is 1. The molecule has 0 aliphatic heterocycles. The van der Waals surface area contributed by atoms with E-state index in [-0.39, 0.29) is 22.3 Å². The topological polar surface area (TPSA) is 115 Å². The predicted octanol–water partition coefficient (Wildman–Crippen LogP) is 5.47. The van der Waals surface area contributed by atoms with E-state index in [0.29, 0.717) is 30.2 Å². The fraction of sp³-hybridized carbons (Fsp3) is 0.361. The van der Waals surface area contributed by atoms with Gasteiger partial charge in [-0.2, -0.15) is 0 Å². The average Bonchev–Trinajstić information content (AvgIpc) is 3.71. The summed E-state index contributed by atoms with van der Waals surface area (Å²) < 4.78 is 33.2. The minimum Gasteiger partial charge on any atom is -0.496 e. The van der Waals surface area contributed by atoms with Crippen molar-refractivity contribution in [1.29, 1.82) is 0 Å². The SMILES string of the molecule is COc1cc(C(=O)CS(=O)(=O)c2ccccc2)ccc1Cc1cn(C(C)C(=O)N(C)C)c2ccc(C(=O)NCC3CCCC3)cc12. The third-order valence-electron chi connectivity index (χ3n) is 8.83. The lowest BCUT2D eigenvalue weighted by Gasteiger charge is -2.19. The van der Waals surface area contributed by atoms with E-state index in [0.717, 1.165) is 34.9 Å². The van der Waals surface area contributed by atoms with Crippen LogP contribution in [0.3, 0.4) is 0 Å². The van der Waals surface area contributed by atoms with Crippen LogP contribution in [0.15, 0.2) is 77.8 Å². The fourth-order valence-corrected chi connectivity index (χ4v) is 7.46. The first kappa shape index (κ1) is 32.9. The second-order valence-electron chi connectivity index (χ2n) is 12.3. The van der Waals surface area contributed by atoms with Crippen molar-refractivity contribution in [3.05, 3.63) is 95.2 Å². The maximum absolute atomic E-state index is 13.2. The summed E-state index contributed by atoms with van der Waals surface area (Å²) in [6, 6.07) is 17.9. The highest BCUT2D eigenvalue weighted by Crippen LogP contribution is 2.32. The van der Waals surface area contributed by atoms with Crippen molar-refractivity contribution in [2.75, 3.05) is 33.5 Å².